The van der Waals surface area contributed by atoms with Crippen LogP contribution in [0.25, 0.3) is 0 Å². The molecule has 1 heterocycles. The summed E-state index contributed by atoms with van der Waals surface area (Å²) >= 11 is 4.27. The summed E-state index contributed by atoms with van der Waals surface area (Å²) < 4.78 is 20.1. The van der Waals surface area contributed by atoms with Gasteiger partial charge in [-0.25, -0.2) is 14.1 Å². The number of rotatable bonds is 9. The van der Waals surface area contributed by atoms with Gasteiger partial charge in [0.2, 0.25) is 0 Å². The Morgan fingerprint density at radius 3 is 2.42 bits per heavy atom. The van der Waals surface area contributed by atoms with E-state index in [4.69, 9.17) is 4.74 Å². The number of thiol groups is 1. The summed E-state index contributed by atoms with van der Waals surface area (Å²) in [5, 5.41) is 15.8. The molecule has 7 heteroatoms. The van der Waals surface area contributed by atoms with Crippen molar-refractivity contribution >= 4 is 12.6 Å². The predicted octanol–water partition coefficient (Wildman–Crippen LogP) is 4.12. The van der Waals surface area contributed by atoms with Crippen LogP contribution in [0.3, 0.4) is 0 Å². The third kappa shape index (κ3) is 5.71. The summed E-state index contributed by atoms with van der Waals surface area (Å²) in [6.45, 7) is 7.02. The Morgan fingerprint density at radius 2 is 1.85 bits per heavy atom. The molecule has 1 atom stereocenters. The number of ether oxygens (including phenoxy) is 1. The number of unbranched alkanes of at least 4 members (excludes halogenated alkanes) is 2. The van der Waals surface area contributed by atoms with E-state index in [1.54, 1.807) is 16.8 Å². The molecular formula is C19H28FN3O2S. The maximum absolute atomic E-state index is 12.8. The largest absolute Gasteiger partial charge is 0.494 e. The lowest BCUT2D eigenvalue weighted by atomic mass is 9.73. The molecule has 0 fully saturated rings. The number of nitrogens with zero attached hydrogens (tertiary/aromatic N) is 3. The van der Waals surface area contributed by atoms with E-state index in [9.17, 15) is 9.50 Å². The molecule has 5 nitrogen and oxygen atoms in total. The Labute approximate surface area is 160 Å². The number of hydrogen-bond donors (Lipinski definition) is 2. The van der Waals surface area contributed by atoms with E-state index in [-0.39, 0.29) is 11.2 Å². The average molecular weight is 382 g/mol. The number of benzene rings is 1. The van der Waals surface area contributed by atoms with Crippen molar-refractivity contribution in [2.45, 2.75) is 63.8 Å². The van der Waals surface area contributed by atoms with Crippen molar-refractivity contribution in [1.29, 1.82) is 0 Å². The minimum Gasteiger partial charge on any atom is -0.494 e. The van der Waals surface area contributed by atoms with Gasteiger partial charge in [-0.15, -0.1) is 12.6 Å². The first-order valence-corrected chi connectivity index (χ1v) is 9.33. The number of aromatic nitrogens is 3. The second-order valence-electron chi connectivity index (χ2n) is 7.61. The van der Waals surface area contributed by atoms with E-state index in [2.05, 4.69) is 22.7 Å². The Balaban J connectivity index is 1.78. The standard InChI is InChI=1S/C19H28FN3O2S/c1-18(2,3)19(24,13-23-17(26)21-14-22-23)11-5-4-6-12-25-16-9-7-15(20)8-10-16/h7-10,14,24H,4-6,11-13H2,1-3H3,(H,21,22,26). The monoisotopic (exact) mass is 381 g/mol. The molecule has 144 valence electrons. The number of halogens is 1. The smallest absolute Gasteiger partial charge is 0.183 e. The molecule has 0 saturated carbocycles. The van der Waals surface area contributed by atoms with Gasteiger partial charge in [0.15, 0.2) is 5.16 Å². The van der Waals surface area contributed by atoms with Crippen molar-refractivity contribution in [3.05, 3.63) is 36.4 Å². The van der Waals surface area contributed by atoms with Crippen LogP contribution in [0.5, 0.6) is 5.75 Å². The summed E-state index contributed by atoms with van der Waals surface area (Å²) in [5.41, 5.74) is -1.21. The maximum Gasteiger partial charge on any atom is 0.183 e. The molecule has 0 amide bonds. The molecule has 0 aliphatic heterocycles. The Bertz CT molecular complexity index is 685. The fourth-order valence-electron chi connectivity index (χ4n) is 2.73. The summed E-state index contributed by atoms with van der Waals surface area (Å²) in [7, 11) is 0. The molecule has 2 rings (SSSR count). The van der Waals surface area contributed by atoms with Crippen LogP contribution in [0.15, 0.2) is 35.7 Å². The Kier molecular flexibility index (Phi) is 7.06. The first kappa shape index (κ1) is 20.7. The summed E-state index contributed by atoms with van der Waals surface area (Å²) in [6, 6.07) is 6.03. The zero-order valence-electron chi connectivity index (χ0n) is 15.7. The van der Waals surface area contributed by atoms with Gasteiger partial charge in [0.25, 0.3) is 0 Å². The van der Waals surface area contributed by atoms with Gasteiger partial charge >= 0.3 is 0 Å². The summed E-state index contributed by atoms with van der Waals surface area (Å²) in [4.78, 5) is 4.00. The second kappa shape index (κ2) is 8.86. The van der Waals surface area contributed by atoms with Crippen LogP contribution in [0.2, 0.25) is 0 Å². The molecule has 0 radical (unpaired) electrons. The van der Waals surface area contributed by atoms with Crippen LogP contribution in [0.1, 0.15) is 46.5 Å². The lowest BCUT2D eigenvalue weighted by molar-refractivity contribution is -0.0831. The Morgan fingerprint density at radius 1 is 1.15 bits per heavy atom. The van der Waals surface area contributed by atoms with Gasteiger partial charge in [-0.2, -0.15) is 5.10 Å². The molecule has 1 aromatic carbocycles. The van der Waals surface area contributed by atoms with Gasteiger partial charge in [0.05, 0.1) is 18.8 Å². The lowest BCUT2D eigenvalue weighted by Gasteiger charge is -2.40. The highest BCUT2D eigenvalue weighted by atomic mass is 32.1. The number of hydrogen-bond acceptors (Lipinski definition) is 5. The lowest BCUT2D eigenvalue weighted by Crippen LogP contribution is -2.46. The minimum absolute atomic E-state index is 0.268. The molecule has 0 spiro atoms. The zero-order valence-corrected chi connectivity index (χ0v) is 16.5. The number of aliphatic hydroxyl groups is 1. The minimum atomic E-state index is -0.907. The van der Waals surface area contributed by atoms with Gasteiger partial charge in [0.1, 0.15) is 17.9 Å². The van der Waals surface area contributed by atoms with Gasteiger partial charge in [0, 0.05) is 0 Å². The van der Waals surface area contributed by atoms with Gasteiger partial charge in [-0.1, -0.05) is 27.2 Å². The molecule has 0 bridgehead atoms. The summed E-state index contributed by atoms with van der Waals surface area (Å²) in [6.07, 6.45) is 4.78. The van der Waals surface area contributed by atoms with E-state index in [1.807, 2.05) is 20.8 Å². The van der Waals surface area contributed by atoms with Crippen LogP contribution in [0, 0.1) is 11.2 Å². The van der Waals surface area contributed by atoms with Crippen molar-refractivity contribution < 1.29 is 14.2 Å². The van der Waals surface area contributed by atoms with E-state index in [1.165, 1.54) is 18.5 Å². The van der Waals surface area contributed by atoms with Crippen LogP contribution in [-0.2, 0) is 6.54 Å². The van der Waals surface area contributed by atoms with E-state index in [0.29, 0.717) is 30.5 Å². The molecule has 1 aromatic heterocycles. The van der Waals surface area contributed by atoms with Crippen molar-refractivity contribution in [3.63, 3.8) is 0 Å². The molecule has 0 saturated heterocycles. The first-order valence-electron chi connectivity index (χ1n) is 8.89. The highest BCUT2D eigenvalue weighted by molar-refractivity contribution is 7.80. The van der Waals surface area contributed by atoms with E-state index in [0.717, 1.165) is 19.3 Å². The topological polar surface area (TPSA) is 60.2 Å². The predicted molar refractivity (Wildman–Crippen MR) is 102 cm³/mol. The maximum atomic E-state index is 12.8. The van der Waals surface area contributed by atoms with E-state index < -0.39 is 5.60 Å². The quantitative estimate of drug-likeness (QED) is 0.507. The van der Waals surface area contributed by atoms with Crippen LogP contribution < -0.4 is 4.74 Å². The molecular weight excluding hydrogens is 353 g/mol. The third-order valence-electron chi connectivity index (χ3n) is 4.72. The fraction of sp³-hybridized carbons (Fsp3) is 0.579. The third-order valence-corrected chi connectivity index (χ3v) is 5.07. The molecule has 0 aliphatic rings. The summed E-state index contributed by atoms with van der Waals surface area (Å²) in [5.74, 6) is 0.403. The van der Waals surface area contributed by atoms with Crippen molar-refractivity contribution in [1.82, 2.24) is 14.8 Å². The van der Waals surface area contributed by atoms with Gasteiger partial charge in [-0.05, 0) is 48.9 Å². The first-order chi connectivity index (χ1) is 12.2. The van der Waals surface area contributed by atoms with Crippen LogP contribution >= 0.6 is 12.6 Å². The molecule has 1 unspecified atom stereocenters. The van der Waals surface area contributed by atoms with Gasteiger partial charge < -0.3 is 9.84 Å². The average Bonchev–Trinajstić information content (AvgIpc) is 2.96. The normalized spacial score (nSPS) is 14.2. The van der Waals surface area contributed by atoms with Crippen molar-refractivity contribution in [2.75, 3.05) is 6.61 Å². The van der Waals surface area contributed by atoms with Crippen molar-refractivity contribution in [2.24, 2.45) is 5.41 Å². The Hall–Kier alpha value is -1.60. The van der Waals surface area contributed by atoms with Crippen LogP contribution in [0.4, 0.5) is 4.39 Å². The molecule has 0 aliphatic carbocycles. The van der Waals surface area contributed by atoms with E-state index >= 15 is 0 Å². The van der Waals surface area contributed by atoms with Gasteiger partial charge in [-0.3, -0.25) is 0 Å². The highest BCUT2D eigenvalue weighted by Gasteiger charge is 2.40. The molecule has 1 N–H and O–H groups in total. The van der Waals surface area contributed by atoms with Crippen molar-refractivity contribution in [3.8, 4) is 5.75 Å². The zero-order chi connectivity index (χ0) is 19.2. The molecule has 26 heavy (non-hydrogen) atoms. The highest BCUT2D eigenvalue weighted by Crippen LogP contribution is 2.36. The fourth-order valence-corrected chi connectivity index (χ4v) is 2.90. The molecule has 2 aromatic rings. The second-order valence-corrected chi connectivity index (χ2v) is 8.01. The van der Waals surface area contributed by atoms with Crippen LogP contribution in [-0.4, -0.2) is 32.1 Å². The SMILES string of the molecule is CC(C)(C)C(O)(CCCCCOc1ccc(F)cc1)Cn1ncnc1S.